The molecule has 72 valence electrons. The van der Waals surface area contributed by atoms with Gasteiger partial charge < -0.3 is 8.27 Å². The molecule has 0 radical (unpaired) electrons. The summed E-state index contributed by atoms with van der Waals surface area (Å²) in [7, 11) is 0. The molecule has 13 heavy (non-hydrogen) atoms. The van der Waals surface area contributed by atoms with Crippen LogP contribution in [0.3, 0.4) is 0 Å². The Labute approximate surface area is 86.6 Å². The molecule has 0 aromatic heterocycles. The van der Waals surface area contributed by atoms with Crippen molar-refractivity contribution in [3.05, 3.63) is 24.3 Å². The number of para-hydroxylation sites is 2. The number of benzene rings is 1. The highest BCUT2D eigenvalue weighted by molar-refractivity contribution is 14.1. The molecule has 0 bridgehead atoms. The zero-order chi connectivity index (χ0) is 9.90. The molecule has 1 aromatic rings. The van der Waals surface area contributed by atoms with Crippen molar-refractivity contribution in [2.75, 3.05) is 3.53 Å². The first-order valence-electron chi connectivity index (χ1n) is 3.24. The standard InChI is InChI=1S/C7H5F3INO/c8-7(9,10)13-6-4-2-1-3-5(6)12-11/h1-4,12H. The maximum absolute atomic E-state index is 11.8. The minimum absolute atomic E-state index is 0.232. The van der Waals surface area contributed by atoms with Gasteiger partial charge in [0.25, 0.3) is 0 Å². The molecule has 0 unspecified atom stereocenters. The fourth-order valence-electron chi connectivity index (χ4n) is 0.758. The summed E-state index contributed by atoms with van der Waals surface area (Å²) in [6, 6.07) is 5.82. The predicted octanol–water partition coefficient (Wildman–Crippen LogP) is 3.35. The lowest BCUT2D eigenvalue weighted by molar-refractivity contribution is -0.274. The second-order valence-corrected chi connectivity index (χ2v) is 2.68. The van der Waals surface area contributed by atoms with E-state index in [4.69, 9.17) is 0 Å². The highest BCUT2D eigenvalue weighted by Gasteiger charge is 2.31. The topological polar surface area (TPSA) is 21.3 Å². The monoisotopic (exact) mass is 303 g/mol. The van der Waals surface area contributed by atoms with Gasteiger partial charge >= 0.3 is 6.36 Å². The molecule has 0 amide bonds. The van der Waals surface area contributed by atoms with Crippen molar-refractivity contribution in [3.63, 3.8) is 0 Å². The smallest absolute Gasteiger partial charge is 0.404 e. The molecule has 0 aliphatic rings. The Morgan fingerprint density at radius 2 is 1.85 bits per heavy atom. The summed E-state index contributed by atoms with van der Waals surface area (Å²) in [5.74, 6) is -0.232. The van der Waals surface area contributed by atoms with Crippen molar-refractivity contribution in [2.24, 2.45) is 0 Å². The van der Waals surface area contributed by atoms with Crippen LogP contribution in [-0.4, -0.2) is 6.36 Å². The Hall–Kier alpha value is -0.660. The van der Waals surface area contributed by atoms with Gasteiger partial charge in [-0.05, 0) is 12.1 Å². The number of nitrogens with one attached hydrogen (secondary N) is 1. The van der Waals surface area contributed by atoms with Gasteiger partial charge in [0.2, 0.25) is 0 Å². The summed E-state index contributed by atoms with van der Waals surface area (Å²) in [5, 5.41) is 0. The third kappa shape index (κ3) is 3.29. The number of hydrogen-bond acceptors (Lipinski definition) is 2. The normalized spacial score (nSPS) is 11.1. The van der Waals surface area contributed by atoms with E-state index in [1.54, 1.807) is 28.9 Å². The Morgan fingerprint density at radius 1 is 1.23 bits per heavy atom. The van der Waals surface area contributed by atoms with E-state index in [1.807, 2.05) is 0 Å². The molecule has 1 N–H and O–H groups in total. The number of halogens is 4. The van der Waals surface area contributed by atoms with Crippen LogP contribution >= 0.6 is 22.9 Å². The van der Waals surface area contributed by atoms with E-state index in [1.165, 1.54) is 18.2 Å². The first kappa shape index (κ1) is 10.4. The molecular formula is C7H5F3INO. The van der Waals surface area contributed by atoms with E-state index in [0.29, 0.717) is 5.69 Å². The third-order valence-corrected chi connectivity index (χ3v) is 1.80. The zero-order valence-corrected chi connectivity index (χ0v) is 8.39. The average Bonchev–Trinajstić information content (AvgIpc) is 2.02. The van der Waals surface area contributed by atoms with Crippen molar-refractivity contribution in [1.29, 1.82) is 0 Å². The highest BCUT2D eigenvalue weighted by atomic mass is 127. The van der Waals surface area contributed by atoms with Crippen LogP contribution in [0.25, 0.3) is 0 Å². The lowest BCUT2D eigenvalue weighted by atomic mass is 10.3. The van der Waals surface area contributed by atoms with E-state index in [2.05, 4.69) is 8.27 Å². The molecule has 0 fully saturated rings. The number of anilines is 1. The molecular weight excluding hydrogens is 298 g/mol. The van der Waals surface area contributed by atoms with E-state index < -0.39 is 6.36 Å². The van der Waals surface area contributed by atoms with Gasteiger partial charge in [-0.2, -0.15) is 0 Å². The average molecular weight is 303 g/mol. The van der Waals surface area contributed by atoms with Gasteiger partial charge in [0.05, 0.1) is 28.6 Å². The van der Waals surface area contributed by atoms with Crippen molar-refractivity contribution in [1.82, 2.24) is 0 Å². The highest BCUT2D eigenvalue weighted by Crippen LogP contribution is 2.30. The number of hydrogen-bond donors (Lipinski definition) is 1. The number of ether oxygens (including phenoxy) is 1. The Balaban J connectivity index is 2.87. The summed E-state index contributed by atoms with van der Waals surface area (Å²) in [5.41, 5.74) is 0.292. The van der Waals surface area contributed by atoms with Crippen LogP contribution in [-0.2, 0) is 0 Å². The minimum atomic E-state index is -4.65. The molecule has 0 atom stereocenters. The molecule has 0 aliphatic heterocycles. The van der Waals surface area contributed by atoms with Gasteiger partial charge in [0, 0.05) is 0 Å². The van der Waals surface area contributed by atoms with Gasteiger partial charge in [-0.1, -0.05) is 12.1 Å². The van der Waals surface area contributed by atoms with E-state index >= 15 is 0 Å². The molecule has 1 aromatic carbocycles. The van der Waals surface area contributed by atoms with E-state index in [0.717, 1.165) is 0 Å². The second kappa shape index (κ2) is 4.03. The van der Waals surface area contributed by atoms with Crippen LogP contribution in [0.5, 0.6) is 5.75 Å². The summed E-state index contributed by atoms with van der Waals surface area (Å²) in [4.78, 5) is 0. The van der Waals surface area contributed by atoms with Gasteiger partial charge in [-0.25, -0.2) is 0 Å². The zero-order valence-electron chi connectivity index (χ0n) is 6.23. The summed E-state index contributed by atoms with van der Waals surface area (Å²) < 4.78 is 41.7. The number of alkyl halides is 3. The largest absolute Gasteiger partial charge is 0.573 e. The molecule has 1 rings (SSSR count). The quantitative estimate of drug-likeness (QED) is 0.668. The summed E-state index contributed by atoms with van der Waals surface area (Å²) >= 11 is 1.73. The van der Waals surface area contributed by atoms with Gasteiger partial charge in [0.1, 0.15) is 0 Å². The van der Waals surface area contributed by atoms with Crippen molar-refractivity contribution in [2.45, 2.75) is 6.36 Å². The van der Waals surface area contributed by atoms with Crippen LogP contribution in [0.15, 0.2) is 24.3 Å². The van der Waals surface area contributed by atoms with Crippen molar-refractivity contribution >= 4 is 28.6 Å². The molecule has 2 nitrogen and oxygen atoms in total. The van der Waals surface area contributed by atoms with Gasteiger partial charge in [-0.3, -0.25) is 0 Å². The minimum Gasteiger partial charge on any atom is -0.404 e. The van der Waals surface area contributed by atoms with Crippen LogP contribution in [0.2, 0.25) is 0 Å². The fraction of sp³-hybridized carbons (Fsp3) is 0.143. The maximum Gasteiger partial charge on any atom is 0.573 e. The van der Waals surface area contributed by atoms with E-state index in [-0.39, 0.29) is 5.75 Å². The van der Waals surface area contributed by atoms with Crippen LogP contribution in [0.4, 0.5) is 18.9 Å². The maximum atomic E-state index is 11.8. The molecule has 0 aliphatic carbocycles. The Bertz CT molecular complexity index is 289. The third-order valence-electron chi connectivity index (χ3n) is 1.21. The first-order valence-corrected chi connectivity index (χ1v) is 4.32. The second-order valence-electron chi connectivity index (χ2n) is 2.14. The van der Waals surface area contributed by atoms with E-state index in [9.17, 15) is 13.2 Å². The lowest BCUT2D eigenvalue weighted by Gasteiger charge is -2.11. The molecule has 0 heterocycles. The van der Waals surface area contributed by atoms with Gasteiger partial charge in [-0.15, -0.1) is 13.2 Å². The van der Waals surface area contributed by atoms with Gasteiger partial charge in [0.15, 0.2) is 5.75 Å². The summed E-state index contributed by atoms with van der Waals surface area (Å²) in [6.45, 7) is 0. The first-order chi connectivity index (χ1) is 6.03. The summed E-state index contributed by atoms with van der Waals surface area (Å²) in [6.07, 6.45) is -4.65. The van der Waals surface area contributed by atoms with Crippen molar-refractivity contribution < 1.29 is 17.9 Å². The Morgan fingerprint density at radius 3 is 2.38 bits per heavy atom. The van der Waals surface area contributed by atoms with Crippen LogP contribution in [0.1, 0.15) is 0 Å². The lowest BCUT2D eigenvalue weighted by Crippen LogP contribution is -2.17. The molecule has 6 heteroatoms. The van der Waals surface area contributed by atoms with Crippen LogP contribution < -0.4 is 8.27 Å². The Kier molecular flexibility index (Phi) is 3.23. The molecule has 0 spiro atoms. The predicted molar refractivity (Wildman–Crippen MR) is 50.8 cm³/mol. The van der Waals surface area contributed by atoms with Crippen LogP contribution in [0, 0.1) is 0 Å². The number of rotatable bonds is 2. The van der Waals surface area contributed by atoms with Crippen molar-refractivity contribution in [3.8, 4) is 5.75 Å². The SMILES string of the molecule is FC(F)(F)Oc1ccccc1NI. The fourth-order valence-corrected chi connectivity index (χ4v) is 1.20. The molecule has 0 saturated carbocycles. The molecule has 0 saturated heterocycles.